The van der Waals surface area contributed by atoms with Gasteiger partial charge in [0, 0.05) is 11.8 Å². The summed E-state index contributed by atoms with van der Waals surface area (Å²) in [7, 11) is 3.23. The fraction of sp³-hybridized carbons (Fsp3) is 0.176. The molecule has 0 atom stereocenters. The van der Waals surface area contributed by atoms with E-state index < -0.39 is 0 Å². The first-order valence-electron chi connectivity index (χ1n) is 6.75. The van der Waals surface area contributed by atoms with E-state index in [0.29, 0.717) is 18.0 Å². The van der Waals surface area contributed by atoms with Gasteiger partial charge >= 0.3 is 0 Å². The van der Waals surface area contributed by atoms with E-state index in [4.69, 9.17) is 15.9 Å². The Morgan fingerprint density at radius 3 is 2.59 bits per heavy atom. The molecular formula is C17H15N3O2. The molecule has 5 nitrogen and oxygen atoms in total. The molecule has 1 aromatic carbocycles. The second-order valence-electron chi connectivity index (χ2n) is 4.75. The molecule has 0 amide bonds. The van der Waals surface area contributed by atoms with Gasteiger partial charge in [-0.05, 0) is 23.8 Å². The lowest BCUT2D eigenvalue weighted by Gasteiger charge is -2.04. The minimum absolute atomic E-state index is 0.521. The van der Waals surface area contributed by atoms with E-state index in [1.165, 1.54) is 0 Å². The van der Waals surface area contributed by atoms with E-state index >= 15 is 0 Å². The van der Waals surface area contributed by atoms with Crippen molar-refractivity contribution in [2.24, 2.45) is 0 Å². The number of rotatable bonds is 4. The van der Waals surface area contributed by atoms with Crippen LogP contribution in [0.5, 0.6) is 11.6 Å². The summed E-state index contributed by atoms with van der Waals surface area (Å²) in [6.07, 6.45) is 7.08. The molecule has 0 unspecified atom stereocenters. The number of ether oxygens (including phenoxy) is 2. The maximum Gasteiger partial charge on any atom is 0.242 e. The van der Waals surface area contributed by atoms with E-state index in [9.17, 15) is 0 Å². The van der Waals surface area contributed by atoms with Crippen LogP contribution >= 0.6 is 0 Å². The number of terminal acetylenes is 1. The number of hydrogen-bond donors (Lipinski definition) is 0. The Morgan fingerprint density at radius 2 is 1.95 bits per heavy atom. The van der Waals surface area contributed by atoms with Crippen LogP contribution in [0.25, 0.3) is 11.0 Å². The fourth-order valence-corrected chi connectivity index (χ4v) is 2.28. The van der Waals surface area contributed by atoms with Gasteiger partial charge < -0.3 is 9.47 Å². The van der Waals surface area contributed by atoms with Crippen molar-refractivity contribution < 1.29 is 9.47 Å². The van der Waals surface area contributed by atoms with E-state index in [1.54, 1.807) is 25.1 Å². The Balaban J connectivity index is 2.01. The van der Waals surface area contributed by atoms with Crippen molar-refractivity contribution in [2.75, 3.05) is 14.2 Å². The Labute approximate surface area is 128 Å². The van der Waals surface area contributed by atoms with Crippen molar-refractivity contribution in [3.63, 3.8) is 0 Å². The van der Waals surface area contributed by atoms with Gasteiger partial charge in [-0.3, -0.25) is 0 Å². The first-order valence-corrected chi connectivity index (χ1v) is 6.75. The zero-order valence-corrected chi connectivity index (χ0v) is 12.4. The number of methoxy groups -OCH3 is 2. The monoisotopic (exact) mass is 293 g/mol. The van der Waals surface area contributed by atoms with Crippen molar-refractivity contribution in [1.29, 1.82) is 0 Å². The highest BCUT2D eigenvalue weighted by molar-refractivity contribution is 5.82. The summed E-state index contributed by atoms with van der Waals surface area (Å²) in [5, 5.41) is 5.26. The average molecular weight is 293 g/mol. The van der Waals surface area contributed by atoms with Crippen molar-refractivity contribution in [1.82, 2.24) is 14.8 Å². The molecule has 2 heterocycles. The molecule has 0 spiro atoms. The first kappa shape index (κ1) is 14.0. The second kappa shape index (κ2) is 5.78. The van der Waals surface area contributed by atoms with E-state index in [-0.39, 0.29) is 0 Å². The molecule has 2 aromatic heterocycles. The maximum atomic E-state index is 5.42. The molecule has 5 heteroatoms. The predicted molar refractivity (Wildman–Crippen MR) is 84.1 cm³/mol. The molecule has 0 N–H and O–H groups in total. The number of pyridine rings is 1. The summed E-state index contributed by atoms with van der Waals surface area (Å²) in [6.45, 7) is 0.590. The van der Waals surface area contributed by atoms with Crippen LogP contribution in [-0.2, 0) is 6.54 Å². The van der Waals surface area contributed by atoms with Gasteiger partial charge in [-0.25, -0.2) is 9.67 Å². The average Bonchev–Trinajstić information content (AvgIpc) is 2.92. The number of aromatic nitrogens is 3. The Bertz CT molecular complexity index is 845. The number of fused-ring (bicyclic) bond motifs is 1. The van der Waals surface area contributed by atoms with Crippen molar-refractivity contribution >= 4 is 11.0 Å². The summed E-state index contributed by atoms with van der Waals surface area (Å²) >= 11 is 0. The van der Waals surface area contributed by atoms with Crippen LogP contribution in [0.3, 0.4) is 0 Å². The van der Waals surface area contributed by atoms with Crippen molar-refractivity contribution in [3.05, 3.63) is 47.7 Å². The summed E-state index contributed by atoms with van der Waals surface area (Å²) in [5.74, 6) is 3.92. The topological polar surface area (TPSA) is 49.2 Å². The molecule has 0 radical (unpaired) electrons. The molecular weight excluding hydrogens is 278 g/mol. The van der Waals surface area contributed by atoms with Gasteiger partial charge in [-0.2, -0.15) is 0 Å². The summed E-state index contributed by atoms with van der Waals surface area (Å²) in [6, 6.07) is 9.69. The second-order valence-corrected chi connectivity index (χ2v) is 4.75. The van der Waals surface area contributed by atoms with Crippen LogP contribution in [0.4, 0.5) is 0 Å². The van der Waals surface area contributed by atoms with Crippen LogP contribution in [0, 0.1) is 12.3 Å². The van der Waals surface area contributed by atoms with Gasteiger partial charge in [0.25, 0.3) is 0 Å². The summed E-state index contributed by atoms with van der Waals surface area (Å²) in [4.78, 5) is 4.40. The van der Waals surface area contributed by atoms with Crippen LogP contribution in [0.2, 0.25) is 0 Å². The lowest BCUT2D eigenvalue weighted by atomic mass is 10.2. The Kier molecular flexibility index (Phi) is 3.67. The highest BCUT2D eigenvalue weighted by Gasteiger charge is 2.13. The summed E-state index contributed by atoms with van der Waals surface area (Å²) < 4.78 is 12.3. The van der Waals surface area contributed by atoms with Crippen LogP contribution < -0.4 is 9.47 Å². The Morgan fingerprint density at radius 1 is 1.18 bits per heavy atom. The zero-order valence-electron chi connectivity index (χ0n) is 12.4. The van der Waals surface area contributed by atoms with Gasteiger partial charge in [0.05, 0.1) is 26.2 Å². The smallest absolute Gasteiger partial charge is 0.242 e. The minimum Gasteiger partial charge on any atom is -0.497 e. The van der Waals surface area contributed by atoms with Crippen LogP contribution in [0.15, 0.2) is 36.5 Å². The number of nitrogens with zero attached hydrogens (tertiary/aromatic N) is 3. The van der Waals surface area contributed by atoms with Gasteiger partial charge in [0.2, 0.25) is 5.88 Å². The van der Waals surface area contributed by atoms with Crippen LogP contribution in [-0.4, -0.2) is 29.0 Å². The van der Waals surface area contributed by atoms with E-state index in [2.05, 4.69) is 16.0 Å². The molecule has 3 aromatic rings. The molecule has 0 aliphatic heterocycles. The normalized spacial score (nSPS) is 10.4. The standard InChI is InChI=1S/C17H15N3O2/c1-4-12-9-15-16(18-10-12)20(19-17(15)22-3)11-13-5-7-14(21-2)8-6-13/h1,5-10H,11H2,2-3H3. The van der Waals surface area contributed by atoms with Crippen LogP contribution in [0.1, 0.15) is 11.1 Å². The lowest BCUT2D eigenvalue weighted by Crippen LogP contribution is -2.03. The molecule has 3 rings (SSSR count). The SMILES string of the molecule is C#Cc1cnc2c(c1)c(OC)nn2Cc1ccc(OC)cc1. The zero-order chi connectivity index (χ0) is 15.5. The molecule has 110 valence electrons. The van der Waals surface area contributed by atoms with E-state index in [0.717, 1.165) is 22.3 Å². The minimum atomic E-state index is 0.521. The fourth-order valence-electron chi connectivity index (χ4n) is 2.28. The lowest BCUT2D eigenvalue weighted by molar-refractivity contribution is 0.394. The Hall–Kier alpha value is -3.00. The number of benzene rings is 1. The van der Waals surface area contributed by atoms with Gasteiger partial charge in [0.1, 0.15) is 5.75 Å². The number of hydrogen-bond acceptors (Lipinski definition) is 4. The van der Waals surface area contributed by atoms with Crippen molar-refractivity contribution in [2.45, 2.75) is 6.54 Å². The quantitative estimate of drug-likeness (QED) is 0.693. The largest absolute Gasteiger partial charge is 0.497 e. The maximum absolute atomic E-state index is 5.42. The molecule has 0 saturated heterocycles. The third-order valence-electron chi connectivity index (χ3n) is 3.40. The third-order valence-corrected chi connectivity index (χ3v) is 3.40. The highest BCUT2D eigenvalue weighted by Crippen LogP contribution is 2.25. The molecule has 0 bridgehead atoms. The van der Waals surface area contributed by atoms with Gasteiger partial charge in [-0.15, -0.1) is 11.5 Å². The molecule has 0 fully saturated rings. The predicted octanol–water partition coefficient (Wildman–Crippen LogP) is 2.48. The molecule has 0 aliphatic carbocycles. The first-order chi connectivity index (χ1) is 10.7. The third kappa shape index (κ3) is 2.47. The highest BCUT2D eigenvalue weighted by atomic mass is 16.5. The molecule has 22 heavy (non-hydrogen) atoms. The molecule has 0 saturated carbocycles. The van der Waals surface area contributed by atoms with Crippen molar-refractivity contribution in [3.8, 4) is 24.0 Å². The van der Waals surface area contributed by atoms with E-state index in [1.807, 2.05) is 30.3 Å². The molecule has 0 aliphatic rings. The summed E-state index contributed by atoms with van der Waals surface area (Å²) in [5.41, 5.74) is 2.54. The van der Waals surface area contributed by atoms with Gasteiger partial charge in [0.15, 0.2) is 5.65 Å². The van der Waals surface area contributed by atoms with Gasteiger partial charge in [-0.1, -0.05) is 18.1 Å².